The van der Waals surface area contributed by atoms with Gasteiger partial charge in [0.2, 0.25) is 10.0 Å². The molecule has 35 heavy (non-hydrogen) atoms. The lowest BCUT2D eigenvalue weighted by Crippen LogP contribution is -2.21. The second-order valence-corrected chi connectivity index (χ2v) is 11.8. The fourth-order valence-corrected chi connectivity index (χ4v) is 7.61. The Morgan fingerprint density at radius 3 is 2.14 bits per heavy atom. The summed E-state index contributed by atoms with van der Waals surface area (Å²) in [7, 11) is -3.82. The Hall–Kier alpha value is -2.50. The normalized spacial score (nSPS) is 19.7. The van der Waals surface area contributed by atoms with Gasteiger partial charge in [-0.05, 0) is 60.7 Å². The van der Waals surface area contributed by atoms with Crippen molar-refractivity contribution in [1.29, 1.82) is 0 Å². The van der Waals surface area contributed by atoms with Crippen molar-refractivity contribution < 1.29 is 13.2 Å². The maximum absolute atomic E-state index is 13.9. The monoisotopic (exact) mass is 491 g/mol. The predicted molar refractivity (Wildman–Crippen MR) is 143 cm³/mol. The summed E-state index contributed by atoms with van der Waals surface area (Å²) in [4.78, 5) is 13.7. The van der Waals surface area contributed by atoms with Gasteiger partial charge >= 0.3 is 0 Å². The maximum atomic E-state index is 13.9. The molecule has 0 radical (unpaired) electrons. The molecule has 3 aromatic rings. The molecular formula is C30H37NO3S. The summed E-state index contributed by atoms with van der Waals surface area (Å²) in [6.45, 7) is 7.84. The molecule has 0 N–H and O–H groups in total. The number of fused-ring (bicyclic) bond motifs is 1. The van der Waals surface area contributed by atoms with Gasteiger partial charge in [-0.15, -0.1) is 0 Å². The largest absolute Gasteiger partial charge is 0.298 e. The molecule has 5 heteroatoms. The minimum Gasteiger partial charge on any atom is -0.298 e. The van der Waals surface area contributed by atoms with Crippen LogP contribution < -0.4 is 0 Å². The molecule has 0 aliphatic carbocycles. The molecule has 0 spiro atoms. The van der Waals surface area contributed by atoms with Gasteiger partial charge in [0.05, 0.1) is 10.9 Å². The van der Waals surface area contributed by atoms with Crippen molar-refractivity contribution in [3.63, 3.8) is 0 Å². The van der Waals surface area contributed by atoms with Crippen LogP contribution in [0.5, 0.6) is 0 Å². The molecule has 3 aromatic carbocycles. The first-order valence-corrected chi connectivity index (χ1v) is 14.3. The Bertz CT molecular complexity index is 1310. The van der Waals surface area contributed by atoms with E-state index in [1.54, 1.807) is 0 Å². The number of rotatable bonds is 11. The maximum Gasteiger partial charge on any atom is 0.244 e. The lowest BCUT2D eigenvalue weighted by atomic mass is 10.0. The van der Waals surface area contributed by atoms with Gasteiger partial charge < -0.3 is 0 Å². The highest BCUT2D eigenvalue weighted by atomic mass is 32.2. The Balaban J connectivity index is 1.63. The van der Waals surface area contributed by atoms with Crippen molar-refractivity contribution in [2.75, 3.05) is 0 Å². The topological polar surface area (TPSA) is 54.2 Å². The summed E-state index contributed by atoms with van der Waals surface area (Å²) >= 11 is 0. The summed E-state index contributed by atoms with van der Waals surface area (Å²) in [6.07, 6.45) is 7.01. The minimum absolute atomic E-state index is 0.0321. The third-order valence-electron chi connectivity index (χ3n) is 7.12. The number of hydrogen-bond acceptors (Lipinski definition) is 3. The van der Waals surface area contributed by atoms with Gasteiger partial charge in [-0.2, -0.15) is 4.31 Å². The van der Waals surface area contributed by atoms with E-state index in [4.69, 9.17) is 0 Å². The second-order valence-electron chi connectivity index (χ2n) is 10.0. The van der Waals surface area contributed by atoms with Crippen LogP contribution >= 0.6 is 0 Å². The number of nitrogens with zero attached hydrogens (tertiary/aromatic N) is 1. The summed E-state index contributed by atoms with van der Waals surface area (Å²) in [5.41, 5.74) is 3.38. The van der Waals surface area contributed by atoms with Gasteiger partial charge in [-0.3, -0.25) is 4.79 Å². The number of unbranched alkanes of at least 4 members (excludes halogenated alkanes) is 5. The van der Waals surface area contributed by atoms with Crippen LogP contribution in [0.15, 0.2) is 59.5 Å². The second kappa shape index (κ2) is 10.6. The van der Waals surface area contributed by atoms with Crippen LogP contribution in [0.3, 0.4) is 0 Å². The summed E-state index contributed by atoms with van der Waals surface area (Å²) in [5, 5.41) is 2.16. The van der Waals surface area contributed by atoms with Crippen LogP contribution in [-0.2, 0) is 14.8 Å². The molecule has 4 nitrogen and oxygen atoms in total. The molecular weight excluding hydrogens is 454 g/mol. The van der Waals surface area contributed by atoms with Gasteiger partial charge in [-0.1, -0.05) is 93.1 Å². The van der Waals surface area contributed by atoms with Crippen LogP contribution in [0.2, 0.25) is 0 Å². The molecule has 1 aliphatic heterocycles. The van der Waals surface area contributed by atoms with Crippen molar-refractivity contribution in [3.05, 3.63) is 76.9 Å². The summed E-state index contributed by atoms with van der Waals surface area (Å²) in [5.74, 6) is 0.0321. The number of sulfonamides is 1. The van der Waals surface area contributed by atoms with Gasteiger partial charge in [0.15, 0.2) is 5.78 Å². The third kappa shape index (κ3) is 5.36. The smallest absolute Gasteiger partial charge is 0.244 e. The van der Waals surface area contributed by atoms with E-state index in [0.29, 0.717) is 11.3 Å². The molecule has 1 fully saturated rings. The zero-order valence-electron chi connectivity index (χ0n) is 21.4. The predicted octanol–water partition coefficient (Wildman–Crippen LogP) is 7.20. The molecule has 1 heterocycles. The molecule has 3 unspecified atom stereocenters. The lowest BCUT2D eigenvalue weighted by molar-refractivity contribution is -0.119. The van der Waals surface area contributed by atoms with Crippen LogP contribution in [0.4, 0.5) is 0 Å². The molecule has 1 aliphatic rings. The van der Waals surface area contributed by atoms with Gasteiger partial charge in [0.1, 0.15) is 6.04 Å². The van der Waals surface area contributed by atoms with E-state index >= 15 is 0 Å². The highest BCUT2D eigenvalue weighted by Crippen LogP contribution is 2.50. The highest BCUT2D eigenvalue weighted by Gasteiger charge is 2.60. The fraction of sp³-hybridized carbons (Fsp3) is 0.433. The van der Waals surface area contributed by atoms with Crippen molar-refractivity contribution in [2.45, 2.75) is 89.6 Å². The fourth-order valence-electron chi connectivity index (χ4n) is 5.46. The first-order valence-electron chi connectivity index (χ1n) is 12.9. The van der Waals surface area contributed by atoms with Crippen molar-refractivity contribution in [2.24, 2.45) is 0 Å². The standard InChI is InChI=1S/C30H37NO3S/c1-5-6-7-8-9-10-15-27(32)29-28(26-17-16-24-13-11-12-14-25(24)20-26)31(29)35(33,34)30-22(3)18-21(2)19-23(30)4/h11-14,16-20,28-29H,5-10,15H2,1-4H3. The average Bonchev–Trinajstić information content (AvgIpc) is 3.57. The number of carbonyl (C=O) groups is 1. The van der Waals surface area contributed by atoms with E-state index in [1.165, 1.54) is 23.6 Å². The van der Waals surface area contributed by atoms with Crippen LogP contribution in [-0.4, -0.2) is 24.5 Å². The highest BCUT2D eigenvalue weighted by molar-refractivity contribution is 7.89. The Kier molecular flexibility index (Phi) is 7.77. The van der Waals surface area contributed by atoms with Crippen LogP contribution in [0.25, 0.3) is 10.8 Å². The van der Waals surface area contributed by atoms with E-state index in [2.05, 4.69) is 6.92 Å². The van der Waals surface area contributed by atoms with E-state index in [0.717, 1.165) is 52.3 Å². The molecule has 186 valence electrons. The number of hydrogen-bond donors (Lipinski definition) is 0. The number of benzene rings is 3. The SMILES string of the molecule is CCCCCCCCC(=O)C1C(c2ccc3ccccc3c2)N1S(=O)(=O)c1c(C)cc(C)cc1C. The number of aryl methyl sites for hydroxylation is 3. The first-order chi connectivity index (χ1) is 16.8. The molecule has 0 bridgehead atoms. The molecule has 3 atom stereocenters. The molecule has 1 saturated heterocycles. The van der Waals surface area contributed by atoms with E-state index < -0.39 is 22.1 Å². The van der Waals surface area contributed by atoms with E-state index in [-0.39, 0.29) is 5.78 Å². The first kappa shape index (κ1) is 25.6. The van der Waals surface area contributed by atoms with Gasteiger partial charge in [0, 0.05) is 6.42 Å². The van der Waals surface area contributed by atoms with Gasteiger partial charge in [0.25, 0.3) is 0 Å². The van der Waals surface area contributed by atoms with Crippen molar-refractivity contribution in [3.8, 4) is 0 Å². The van der Waals surface area contributed by atoms with Crippen molar-refractivity contribution in [1.82, 2.24) is 4.31 Å². The van der Waals surface area contributed by atoms with E-state index in [1.807, 2.05) is 75.4 Å². The van der Waals surface area contributed by atoms with Gasteiger partial charge in [-0.25, -0.2) is 8.42 Å². The average molecular weight is 492 g/mol. The molecule has 0 saturated carbocycles. The molecule has 4 rings (SSSR count). The zero-order valence-corrected chi connectivity index (χ0v) is 22.2. The number of Topliss-reactive ketones (excluding diaryl/α,β-unsaturated/α-hetero) is 1. The van der Waals surface area contributed by atoms with Crippen molar-refractivity contribution >= 4 is 26.6 Å². The molecule has 0 aromatic heterocycles. The Labute approximate surface area is 210 Å². The number of carbonyl (C=O) groups excluding carboxylic acids is 1. The lowest BCUT2D eigenvalue weighted by Gasteiger charge is -2.14. The Morgan fingerprint density at radius 1 is 0.829 bits per heavy atom. The molecule has 0 amide bonds. The zero-order chi connectivity index (χ0) is 25.2. The Morgan fingerprint density at radius 2 is 1.46 bits per heavy atom. The third-order valence-corrected chi connectivity index (χ3v) is 9.29. The van der Waals surface area contributed by atoms with E-state index in [9.17, 15) is 13.2 Å². The summed E-state index contributed by atoms with van der Waals surface area (Å²) in [6, 6.07) is 16.8. The van der Waals surface area contributed by atoms with Crippen LogP contribution in [0.1, 0.15) is 80.2 Å². The van der Waals surface area contributed by atoms with Crippen LogP contribution in [0, 0.1) is 20.8 Å². The summed E-state index contributed by atoms with van der Waals surface area (Å²) < 4.78 is 29.3. The number of ketones is 1. The minimum atomic E-state index is -3.82. The quantitative estimate of drug-likeness (QED) is 0.210.